The minimum atomic E-state index is -0.698. The van der Waals surface area contributed by atoms with Gasteiger partial charge in [-0.05, 0) is 12.1 Å². The van der Waals surface area contributed by atoms with Gasteiger partial charge in [0.15, 0.2) is 0 Å². The van der Waals surface area contributed by atoms with Crippen molar-refractivity contribution in [3.05, 3.63) is 39.7 Å². The van der Waals surface area contributed by atoms with Gasteiger partial charge in [-0.3, -0.25) is 14.9 Å². The molecule has 1 atom stereocenters. The van der Waals surface area contributed by atoms with Gasteiger partial charge < -0.3 is 4.74 Å². The van der Waals surface area contributed by atoms with E-state index in [0.29, 0.717) is 0 Å². The maximum atomic E-state index is 12.9. The van der Waals surface area contributed by atoms with Crippen molar-refractivity contribution in [3.63, 3.8) is 0 Å². The topological polar surface area (TPSA) is 69.4 Å². The first-order valence-electron chi connectivity index (χ1n) is 4.60. The number of benzene rings is 1. The van der Waals surface area contributed by atoms with Crippen LogP contribution in [0.2, 0.25) is 0 Å². The van der Waals surface area contributed by atoms with Gasteiger partial charge in [0.05, 0.1) is 18.1 Å². The molecule has 5 nitrogen and oxygen atoms in total. The number of hydrogen-bond donors (Lipinski definition) is 0. The molecule has 7 heteroatoms. The number of carbonyl (C=O) groups is 1. The van der Waals surface area contributed by atoms with Crippen molar-refractivity contribution < 1.29 is 18.8 Å². The highest BCUT2D eigenvalue weighted by Gasteiger charge is 2.22. The third kappa shape index (κ3) is 3.48. The molecule has 0 N–H and O–H groups in total. The molecule has 0 amide bonds. The fourth-order valence-electron chi connectivity index (χ4n) is 1.28. The molecule has 0 spiro atoms. The smallest absolute Gasteiger partial charge is 0.319 e. The number of methoxy groups -OCH3 is 1. The van der Waals surface area contributed by atoms with E-state index in [-0.39, 0.29) is 17.7 Å². The summed E-state index contributed by atoms with van der Waals surface area (Å²) in [6, 6.07) is 3.22. The van der Waals surface area contributed by atoms with Crippen molar-refractivity contribution in [1.82, 2.24) is 0 Å². The summed E-state index contributed by atoms with van der Waals surface area (Å²) in [5.41, 5.74) is -0.0815. The Morgan fingerprint density at radius 2 is 2.29 bits per heavy atom. The number of nitro benzene ring substituents is 1. The average molecular weight is 306 g/mol. The Hall–Kier alpha value is -1.50. The number of esters is 1. The summed E-state index contributed by atoms with van der Waals surface area (Å²) in [4.78, 5) is 20.5. The van der Waals surface area contributed by atoms with Crippen LogP contribution in [0.15, 0.2) is 18.2 Å². The summed E-state index contributed by atoms with van der Waals surface area (Å²) in [5, 5.41) is 10.7. The van der Waals surface area contributed by atoms with E-state index in [1.165, 1.54) is 13.2 Å². The minimum absolute atomic E-state index is 0.0588. The molecule has 0 fully saturated rings. The molecule has 17 heavy (non-hydrogen) atoms. The second-order valence-electron chi connectivity index (χ2n) is 3.22. The summed E-state index contributed by atoms with van der Waals surface area (Å²) >= 11 is 3.05. The fourth-order valence-corrected chi connectivity index (χ4v) is 1.82. The monoisotopic (exact) mass is 305 g/mol. The van der Waals surface area contributed by atoms with E-state index in [2.05, 4.69) is 20.7 Å². The van der Waals surface area contributed by atoms with Crippen molar-refractivity contribution in [2.45, 2.75) is 11.2 Å². The predicted octanol–water partition coefficient (Wildman–Crippen LogP) is 2.21. The predicted molar refractivity (Wildman–Crippen MR) is 61.5 cm³/mol. The second-order valence-corrected chi connectivity index (χ2v) is 4.33. The van der Waals surface area contributed by atoms with Crippen LogP contribution in [0.25, 0.3) is 0 Å². The summed E-state index contributed by atoms with van der Waals surface area (Å²) in [7, 11) is 1.22. The molecule has 1 aromatic rings. The van der Waals surface area contributed by atoms with Crippen LogP contribution in [0.4, 0.5) is 10.1 Å². The first-order chi connectivity index (χ1) is 7.95. The van der Waals surface area contributed by atoms with Crippen LogP contribution in [0, 0.1) is 15.9 Å². The van der Waals surface area contributed by atoms with Crippen molar-refractivity contribution in [3.8, 4) is 0 Å². The third-order valence-corrected chi connectivity index (χ3v) is 2.80. The molecule has 1 rings (SSSR count). The zero-order chi connectivity index (χ0) is 13.0. The number of ether oxygens (including phenoxy) is 1. The van der Waals surface area contributed by atoms with E-state index in [9.17, 15) is 19.3 Å². The van der Waals surface area contributed by atoms with E-state index in [4.69, 9.17) is 0 Å². The molecule has 0 bridgehead atoms. The molecule has 0 radical (unpaired) electrons. The van der Waals surface area contributed by atoms with Gasteiger partial charge in [0, 0.05) is 12.0 Å². The van der Waals surface area contributed by atoms with E-state index in [1.54, 1.807) is 0 Å². The van der Waals surface area contributed by atoms with Gasteiger partial charge in [0.1, 0.15) is 10.6 Å². The van der Waals surface area contributed by atoms with Crippen LogP contribution in [0.3, 0.4) is 0 Å². The Labute approximate surface area is 105 Å². The van der Waals surface area contributed by atoms with Crippen LogP contribution in [-0.4, -0.2) is 22.8 Å². The van der Waals surface area contributed by atoms with Crippen molar-refractivity contribution >= 4 is 27.6 Å². The highest BCUT2D eigenvalue weighted by Crippen LogP contribution is 2.23. The lowest BCUT2D eigenvalue weighted by molar-refractivity contribution is -0.385. The Morgan fingerprint density at radius 1 is 1.65 bits per heavy atom. The molecule has 1 aromatic carbocycles. The van der Waals surface area contributed by atoms with E-state index in [1.807, 2.05) is 0 Å². The molecule has 0 saturated carbocycles. The normalized spacial score (nSPS) is 11.9. The number of rotatable bonds is 4. The van der Waals surface area contributed by atoms with Gasteiger partial charge >= 0.3 is 5.97 Å². The Morgan fingerprint density at radius 3 is 2.82 bits per heavy atom. The van der Waals surface area contributed by atoms with Crippen LogP contribution in [0.5, 0.6) is 0 Å². The van der Waals surface area contributed by atoms with Crippen molar-refractivity contribution in [2.75, 3.05) is 7.11 Å². The summed E-state index contributed by atoms with van der Waals surface area (Å²) < 4.78 is 17.3. The van der Waals surface area contributed by atoms with Gasteiger partial charge in [-0.2, -0.15) is 0 Å². The van der Waals surface area contributed by atoms with Gasteiger partial charge in [-0.15, -0.1) is 0 Å². The van der Waals surface area contributed by atoms with E-state index in [0.717, 1.165) is 12.1 Å². The quantitative estimate of drug-likeness (QED) is 0.370. The van der Waals surface area contributed by atoms with Gasteiger partial charge in [0.2, 0.25) is 0 Å². The third-order valence-electron chi connectivity index (χ3n) is 2.10. The number of nitrogens with zero attached hydrogens (tertiary/aromatic N) is 1. The molecule has 0 aliphatic carbocycles. The first kappa shape index (κ1) is 13.6. The SMILES string of the molecule is COC(=O)C(Br)Cc1ccc(F)cc1[N+](=O)[O-]. The Kier molecular flexibility index (Phi) is 4.56. The number of nitro groups is 1. The highest BCUT2D eigenvalue weighted by atomic mass is 79.9. The maximum absolute atomic E-state index is 12.9. The largest absolute Gasteiger partial charge is 0.468 e. The van der Waals surface area contributed by atoms with Crippen LogP contribution < -0.4 is 0 Å². The van der Waals surface area contributed by atoms with Gasteiger partial charge in [0.25, 0.3) is 5.69 Å². The maximum Gasteiger partial charge on any atom is 0.319 e. The zero-order valence-corrected chi connectivity index (χ0v) is 10.4. The second kappa shape index (κ2) is 5.72. The van der Waals surface area contributed by atoms with Crippen LogP contribution >= 0.6 is 15.9 Å². The summed E-state index contributed by atoms with van der Waals surface area (Å²) in [6.45, 7) is 0. The molecule has 92 valence electrons. The molecule has 0 aromatic heterocycles. The molecular formula is C10H9BrFNO4. The molecule has 0 aliphatic rings. The standard InChI is InChI=1S/C10H9BrFNO4/c1-17-10(14)8(11)4-6-2-3-7(12)5-9(6)13(15)16/h2-3,5,8H,4H2,1H3. The lowest BCUT2D eigenvalue weighted by Crippen LogP contribution is -2.18. The van der Waals surface area contributed by atoms with Crippen molar-refractivity contribution in [1.29, 1.82) is 0 Å². The molecular weight excluding hydrogens is 297 g/mol. The molecule has 0 saturated heterocycles. The Bertz CT molecular complexity index is 452. The van der Waals surface area contributed by atoms with Crippen LogP contribution in [-0.2, 0) is 16.0 Å². The zero-order valence-electron chi connectivity index (χ0n) is 8.85. The molecule has 1 unspecified atom stereocenters. The fraction of sp³-hybridized carbons (Fsp3) is 0.300. The Balaban J connectivity index is 2.98. The van der Waals surface area contributed by atoms with Gasteiger partial charge in [-0.25, -0.2) is 4.39 Å². The van der Waals surface area contributed by atoms with Crippen LogP contribution in [0.1, 0.15) is 5.56 Å². The summed E-state index contributed by atoms with van der Waals surface area (Å²) in [5.74, 6) is -1.23. The van der Waals surface area contributed by atoms with Gasteiger partial charge in [-0.1, -0.05) is 15.9 Å². The van der Waals surface area contributed by atoms with E-state index < -0.39 is 21.5 Å². The first-order valence-corrected chi connectivity index (χ1v) is 5.52. The highest BCUT2D eigenvalue weighted by molar-refractivity contribution is 9.10. The lowest BCUT2D eigenvalue weighted by atomic mass is 10.1. The molecule has 0 aliphatic heterocycles. The number of carbonyl (C=O) groups excluding carboxylic acids is 1. The minimum Gasteiger partial charge on any atom is -0.468 e. The number of alkyl halides is 1. The number of halogens is 2. The summed E-state index contributed by atoms with van der Waals surface area (Å²) in [6.07, 6.45) is 0.0588. The lowest BCUT2D eigenvalue weighted by Gasteiger charge is -2.07. The van der Waals surface area contributed by atoms with E-state index >= 15 is 0 Å². The average Bonchev–Trinajstić information content (AvgIpc) is 2.29. The molecule has 0 heterocycles. The van der Waals surface area contributed by atoms with Crippen molar-refractivity contribution in [2.24, 2.45) is 0 Å². The number of hydrogen-bond acceptors (Lipinski definition) is 4.